The average Bonchev–Trinajstić information content (AvgIpc) is 2.90. The number of nitrogens with one attached hydrogen (secondary N) is 1. The molecule has 0 saturated carbocycles. The zero-order valence-electron chi connectivity index (χ0n) is 11.7. The molecule has 0 aliphatic carbocycles. The molecule has 19 heavy (non-hydrogen) atoms. The molecule has 1 atom stereocenters. The number of para-hydroxylation sites is 1. The second kappa shape index (κ2) is 6.73. The number of ether oxygens (including phenoxy) is 1. The second-order valence-corrected chi connectivity index (χ2v) is 5.69. The lowest BCUT2D eigenvalue weighted by molar-refractivity contribution is 0.238. The van der Waals surface area contributed by atoms with Crippen LogP contribution in [0.1, 0.15) is 37.3 Å². The van der Waals surface area contributed by atoms with Crippen LogP contribution in [-0.2, 0) is 0 Å². The lowest BCUT2D eigenvalue weighted by Crippen LogP contribution is -2.22. The summed E-state index contributed by atoms with van der Waals surface area (Å²) in [5, 5.41) is 5.66. The summed E-state index contributed by atoms with van der Waals surface area (Å²) < 4.78 is 5.94. The summed E-state index contributed by atoms with van der Waals surface area (Å²) in [5.74, 6) is 0.969. The van der Waals surface area contributed by atoms with Gasteiger partial charge in [0, 0.05) is 10.4 Å². The van der Waals surface area contributed by atoms with Gasteiger partial charge in [-0.1, -0.05) is 31.2 Å². The quantitative estimate of drug-likeness (QED) is 0.851. The fourth-order valence-electron chi connectivity index (χ4n) is 2.10. The van der Waals surface area contributed by atoms with E-state index in [1.54, 1.807) is 11.3 Å². The summed E-state index contributed by atoms with van der Waals surface area (Å²) in [6, 6.07) is 12.8. The third-order valence-corrected chi connectivity index (χ3v) is 3.77. The van der Waals surface area contributed by atoms with Crippen molar-refractivity contribution in [2.75, 3.05) is 6.54 Å². The molecule has 2 aromatic rings. The topological polar surface area (TPSA) is 21.3 Å². The van der Waals surface area contributed by atoms with E-state index in [4.69, 9.17) is 4.74 Å². The largest absolute Gasteiger partial charge is 0.491 e. The lowest BCUT2D eigenvalue weighted by atomic mass is 10.0. The van der Waals surface area contributed by atoms with Gasteiger partial charge in [-0.25, -0.2) is 0 Å². The standard InChI is InChI=1S/C16H21NOS/c1-4-17-16(15-10-7-11-19-15)13-8-5-6-9-14(13)18-12(2)3/h5-12,16-17H,4H2,1-3H3. The molecular weight excluding hydrogens is 254 g/mol. The van der Waals surface area contributed by atoms with Gasteiger partial charge in [0.25, 0.3) is 0 Å². The zero-order valence-corrected chi connectivity index (χ0v) is 12.5. The van der Waals surface area contributed by atoms with E-state index in [9.17, 15) is 0 Å². The van der Waals surface area contributed by atoms with Gasteiger partial charge in [-0.15, -0.1) is 11.3 Å². The summed E-state index contributed by atoms with van der Waals surface area (Å²) in [7, 11) is 0. The van der Waals surface area contributed by atoms with Crippen molar-refractivity contribution in [2.45, 2.75) is 32.9 Å². The van der Waals surface area contributed by atoms with Crippen LogP contribution in [0.3, 0.4) is 0 Å². The summed E-state index contributed by atoms with van der Waals surface area (Å²) in [6.45, 7) is 7.18. The maximum atomic E-state index is 5.94. The Hall–Kier alpha value is -1.32. The summed E-state index contributed by atoms with van der Waals surface area (Å²) >= 11 is 1.78. The van der Waals surface area contributed by atoms with Crippen LogP contribution in [0.4, 0.5) is 0 Å². The summed E-state index contributed by atoms with van der Waals surface area (Å²) in [5.41, 5.74) is 1.21. The van der Waals surface area contributed by atoms with Crippen LogP contribution >= 0.6 is 11.3 Å². The summed E-state index contributed by atoms with van der Waals surface area (Å²) in [6.07, 6.45) is 0.187. The molecule has 1 unspecified atom stereocenters. The average molecular weight is 275 g/mol. The molecule has 0 saturated heterocycles. The van der Waals surface area contributed by atoms with Crippen LogP contribution in [0.15, 0.2) is 41.8 Å². The van der Waals surface area contributed by atoms with Gasteiger partial charge in [-0.3, -0.25) is 0 Å². The molecule has 0 amide bonds. The molecule has 0 aliphatic rings. The molecule has 0 aliphatic heterocycles. The van der Waals surface area contributed by atoms with E-state index in [2.05, 4.69) is 55.7 Å². The molecule has 0 fully saturated rings. The van der Waals surface area contributed by atoms with Gasteiger partial charge in [0.1, 0.15) is 5.75 Å². The molecule has 2 rings (SSSR count). The molecule has 3 heteroatoms. The predicted octanol–water partition coefficient (Wildman–Crippen LogP) is 4.23. The third kappa shape index (κ3) is 3.58. The smallest absolute Gasteiger partial charge is 0.124 e. The SMILES string of the molecule is CCNC(c1cccs1)c1ccccc1OC(C)C. The maximum absolute atomic E-state index is 5.94. The van der Waals surface area contributed by atoms with Gasteiger partial charge >= 0.3 is 0 Å². The highest BCUT2D eigenvalue weighted by Crippen LogP contribution is 2.32. The Balaban J connectivity index is 2.36. The van der Waals surface area contributed by atoms with Crippen LogP contribution in [-0.4, -0.2) is 12.6 Å². The monoisotopic (exact) mass is 275 g/mol. The minimum absolute atomic E-state index is 0.187. The van der Waals surface area contributed by atoms with Crippen molar-refractivity contribution in [3.63, 3.8) is 0 Å². The molecule has 102 valence electrons. The highest BCUT2D eigenvalue weighted by atomic mass is 32.1. The molecule has 2 nitrogen and oxygen atoms in total. The third-order valence-electron chi connectivity index (χ3n) is 2.83. The second-order valence-electron chi connectivity index (χ2n) is 4.71. The number of hydrogen-bond acceptors (Lipinski definition) is 3. The van der Waals surface area contributed by atoms with Crippen molar-refractivity contribution in [1.29, 1.82) is 0 Å². The van der Waals surface area contributed by atoms with Crippen molar-refractivity contribution >= 4 is 11.3 Å². The van der Waals surface area contributed by atoms with Crippen LogP contribution in [0, 0.1) is 0 Å². The molecule has 1 heterocycles. The first-order valence-electron chi connectivity index (χ1n) is 6.74. The van der Waals surface area contributed by atoms with Gasteiger partial charge < -0.3 is 10.1 Å². The van der Waals surface area contributed by atoms with E-state index in [1.807, 2.05) is 12.1 Å². The predicted molar refractivity (Wildman–Crippen MR) is 82.0 cm³/mol. The van der Waals surface area contributed by atoms with E-state index in [1.165, 1.54) is 10.4 Å². The van der Waals surface area contributed by atoms with E-state index in [-0.39, 0.29) is 12.1 Å². The number of benzene rings is 1. The fourth-order valence-corrected chi connectivity index (χ4v) is 2.92. The fraction of sp³-hybridized carbons (Fsp3) is 0.375. The Kier molecular flexibility index (Phi) is 5.00. The molecule has 0 spiro atoms. The first kappa shape index (κ1) is 14.1. The maximum Gasteiger partial charge on any atom is 0.124 e. The van der Waals surface area contributed by atoms with E-state index >= 15 is 0 Å². The normalized spacial score (nSPS) is 12.6. The van der Waals surface area contributed by atoms with Gasteiger partial charge in [0.15, 0.2) is 0 Å². The first-order valence-corrected chi connectivity index (χ1v) is 7.62. The lowest BCUT2D eigenvalue weighted by Gasteiger charge is -2.21. The van der Waals surface area contributed by atoms with Crippen LogP contribution in [0.2, 0.25) is 0 Å². The molecular formula is C16H21NOS. The van der Waals surface area contributed by atoms with Crippen molar-refractivity contribution < 1.29 is 4.74 Å². The minimum Gasteiger partial charge on any atom is -0.491 e. The Labute approximate surface area is 119 Å². The molecule has 1 aromatic heterocycles. The van der Waals surface area contributed by atoms with Crippen LogP contribution in [0.25, 0.3) is 0 Å². The van der Waals surface area contributed by atoms with Gasteiger partial charge in [0.05, 0.1) is 12.1 Å². The van der Waals surface area contributed by atoms with E-state index in [0.717, 1.165) is 12.3 Å². The van der Waals surface area contributed by atoms with Gasteiger partial charge in [0.2, 0.25) is 0 Å². The van der Waals surface area contributed by atoms with Crippen LogP contribution in [0.5, 0.6) is 5.75 Å². The van der Waals surface area contributed by atoms with E-state index in [0.29, 0.717) is 0 Å². The number of rotatable bonds is 6. The highest BCUT2D eigenvalue weighted by Gasteiger charge is 2.18. The molecule has 1 aromatic carbocycles. The number of hydrogen-bond donors (Lipinski definition) is 1. The Bertz CT molecular complexity index is 493. The minimum atomic E-state index is 0.187. The Morgan fingerprint density at radius 3 is 2.58 bits per heavy atom. The van der Waals surface area contributed by atoms with Crippen molar-refractivity contribution in [3.8, 4) is 5.75 Å². The Morgan fingerprint density at radius 1 is 1.16 bits per heavy atom. The van der Waals surface area contributed by atoms with Crippen molar-refractivity contribution in [2.24, 2.45) is 0 Å². The van der Waals surface area contributed by atoms with E-state index < -0.39 is 0 Å². The van der Waals surface area contributed by atoms with Crippen LogP contribution < -0.4 is 10.1 Å². The highest BCUT2D eigenvalue weighted by molar-refractivity contribution is 7.10. The van der Waals surface area contributed by atoms with Crippen molar-refractivity contribution in [3.05, 3.63) is 52.2 Å². The molecule has 0 radical (unpaired) electrons. The van der Waals surface area contributed by atoms with Gasteiger partial charge in [-0.05, 0) is 37.9 Å². The Morgan fingerprint density at radius 2 is 1.95 bits per heavy atom. The number of thiophene rings is 1. The molecule has 1 N–H and O–H groups in total. The zero-order chi connectivity index (χ0) is 13.7. The van der Waals surface area contributed by atoms with Crippen molar-refractivity contribution in [1.82, 2.24) is 5.32 Å². The summed E-state index contributed by atoms with van der Waals surface area (Å²) in [4.78, 5) is 1.32. The first-order chi connectivity index (χ1) is 9.22. The molecule has 0 bridgehead atoms. The van der Waals surface area contributed by atoms with Gasteiger partial charge in [-0.2, -0.15) is 0 Å².